The molecule has 0 bridgehead atoms. The van der Waals surface area contributed by atoms with Crippen LogP contribution >= 0.6 is 0 Å². The molecule has 0 aliphatic heterocycles. The number of amides is 2. The minimum atomic E-state index is -1.10. The molecule has 1 aromatic rings. The van der Waals surface area contributed by atoms with E-state index >= 15 is 0 Å². The Morgan fingerprint density at radius 2 is 1.71 bits per heavy atom. The maximum absolute atomic E-state index is 13.0. The van der Waals surface area contributed by atoms with Gasteiger partial charge in [-0.2, -0.15) is 0 Å². The molecule has 1 atom stereocenters. The highest BCUT2D eigenvalue weighted by molar-refractivity contribution is 5.85. The van der Waals surface area contributed by atoms with E-state index in [9.17, 15) is 18.8 Å². The first-order valence-corrected chi connectivity index (χ1v) is 7.60. The fraction of sp³-hybridized carbons (Fsp3) is 0.471. The molecule has 0 radical (unpaired) electrons. The van der Waals surface area contributed by atoms with Gasteiger partial charge in [-0.1, -0.05) is 32.9 Å². The molecule has 6 nitrogen and oxygen atoms in total. The standard InChI is InChI=1S/C17H23FN2O4/c1-17(2,3)9-14(21)19-10-15(22)20-13(8-16(23)24)11-4-6-12(18)7-5-11/h4-7,13H,8-10H2,1-3H3,(H,19,21)(H,20,22)(H,23,24). The highest BCUT2D eigenvalue weighted by atomic mass is 19.1. The predicted molar refractivity (Wildman–Crippen MR) is 86.6 cm³/mol. The summed E-state index contributed by atoms with van der Waals surface area (Å²) in [5.41, 5.74) is 0.286. The molecule has 0 aliphatic carbocycles. The van der Waals surface area contributed by atoms with Crippen LogP contribution in [0.15, 0.2) is 24.3 Å². The van der Waals surface area contributed by atoms with Gasteiger partial charge in [0.1, 0.15) is 5.82 Å². The monoisotopic (exact) mass is 338 g/mol. The molecule has 0 aromatic heterocycles. The third-order valence-corrected chi connectivity index (χ3v) is 3.12. The Balaban J connectivity index is 2.63. The third kappa shape index (κ3) is 7.71. The number of carboxylic acid groups (broad SMARTS) is 1. The van der Waals surface area contributed by atoms with Crippen LogP contribution in [0.25, 0.3) is 0 Å². The van der Waals surface area contributed by atoms with Gasteiger partial charge in [-0.15, -0.1) is 0 Å². The fourth-order valence-corrected chi connectivity index (χ4v) is 2.09. The van der Waals surface area contributed by atoms with Gasteiger partial charge in [0, 0.05) is 6.42 Å². The normalized spacial score (nSPS) is 12.3. The summed E-state index contributed by atoms with van der Waals surface area (Å²) in [6.45, 7) is 5.48. The lowest BCUT2D eigenvalue weighted by Crippen LogP contribution is -2.40. The fourth-order valence-electron chi connectivity index (χ4n) is 2.09. The second-order valence-electron chi connectivity index (χ2n) is 6.78. The Bertz CT molecular complexity index is 594. The van der Waals surface area contributed by atoms with Crippen molar-refractivity contribution in [1.82, 2.24) is 10.6 Å². The van der Waals surface area contributed by atoms with Crippen molar-refractivity contribution in [1.29, 1.82) is 0 Å². The largest absolute Gasteiger partial charge is 0.481 e. The van der Waals surface area contributed by atoms with Crippen molar-refractivity contribution in [3.05, 3.63) is 35.6 Å². The van der Waals surface area contributed by atoms with E-state index in [1.54, 1.807) is 0 Å². The molecule has 0 saturated heterocycles. The lowest BCUT2D eigenvalue weighted by atomic mass is 9.92. The van der Waals surface area contributed by atoms with E-state index in [0.717, 1.165) is 0 Å². The van der Waals surface area contributed by atoms with Gasteiger partial charge in [0.2, 0.25) is 11.8 Å². The Hall–Kier alpha value is -2.44. The zero-order valence-corrected chi connectivity index (χ0v) is 14.1. The molecule has 7 heteroatoms. The second-order valence-corrected chi connectivity index (χ2v) is 6.78. The zero-order valence-electron chi connectivity index (χ0n) is 14.1. The summed E-state index contributed by atoms with van der Waals surface area (Å²) in [7, 11) is 0. The van der Waals surface area contributed by atoms with Crippen LogP contribution in [-0.2, 0) is 14.4 Å². The molecule has 0 aliphatic rings. The molecule has 0 spiro atoms. The SMILES string of the molecule is CC(C)(C)CC(=O)NCC(=O)NC(CC(=O)O)c1ccc(F)cc1. The molecule has 24 heavy (non-hydrogen) atoms. The molecular formula is C17H23FN2O4. The van der Waals surface area contributed by atoms with E-state index in [1.165, 1.54) is 24.3 Å². The first-order chi connectivity index (χ1) is 11.1. The molecule has 1 unspecified atom stereocenters. The summed E-state index contributed by atoms with van der Waals surface area (Å²) >= 11 is 0. The van der Waals surface area contributed by atoms with E-state index in [0.29, 0.717) is 5.56 Å². The molecule has 1 rings (SSSR count). The molecular weight excluding hydrogens is 315 g/mol. The smallest absolute Gasteiger partial charge is 0.305 e. The summed E-state index contributed by atoms with van der Waals surface area (Å²) in [6, 6.07) is 4.43. The van der Waals surface area contributed by atoms with E-state index in [-0.39, 0.29) is 30.7 Å². The summed E-state index contributed by atoms with van der Waals surface area (Å²) in [5.74, 6) is -2.31. The highest BCUT2D eigenvalue weighted by Crippen LogP contribution is 2.18. The zero-order chi connectivity index (χ0) is 18.3. The number of rotatable bonds is 7. The summed E-state index contributed by atoms with van der Waals surface area (Å²) < 4.78 is 13.0. The molecule has 0 saturated carbocycles. The van der Waals surface area contributed by atoms with Gasteiger partial charge in [-0.05, 0) is 23.1 Å². The minimum Gasteiger partial charge on any atom is -0.481 e. The Morgan fingerprint density at radius 1 is 1.12 bits per heavy atom. The Morgan fingerprint density at radius 3 is 2.21 bits per heavy atom. The van der Waals surface area contributed by atoms with Gasteiger partial charge >= 0.3 is 5.97 Å². The van der Waals surface area contributed by atoms with Crippen molar-refractivity contribution in [2.24, 2.45) is 5.41 Å². The van der Waals surface area contributed by atoms with Crippen LogP contribution in [-0.4, -0.2) is 29.4 Å². The van der Waals surface area contributed by atoms with E-state index in [4.69, 9.17) is 5.11 Å². The van der Waals surface area contributed by atoms with Crippen LogP contribution in [0.2, 0.25) is 0 Å². The topological polar surface area (TPSA) is 95.5 Å². The van der Waals surface area contributed by atoms with E-state index < -0.39 is 23.7 Å². The van der Waals surface area contributed by atoms with Gasteiger partial charge in [0.05, 0.1) is 19.0 Å². The first-order valence-electron chi connectivity index (χ1n) is 7.60. The second kappa shape index (κ2) is 8.42. The number of hydrogen-bond acceptors (Lipinski definition) is 3. The van der Waals surface area contributed by atoms with Crippen LogP contribution in [0.4, 0.5) is 4.39 Å². The van der Waals surface area contributed by atoms with E-state index in [2.05, 4.69) is 10.6 Å². The van der Waals surface area contributed by atoms with Gasteiger partial charge in [0.15, 0.2) is 0 Å². The lowest BCUT2D eigenvalue weighted by molar-refractivity contribution is -0.138. The van der Waals surface area contributed by atoms with Crippen molar-refractivity contribution in [3.63, 3.8) is 0 Å². The van der Waals surface area contributed by atoms with Crippen molar-refractivity contribution < 1.29 is 23.9 Å². The van der Waals surface area contributed by atoms with Crippen molar-refractivity contribution in [2.75, 3.05) is 6.54 Å². The minimum absolute atomic E-state index is 0.194. The molecule has 2 amide bonds. The van der Waals surface area contributed by atoms with Crippen LogP contribution in [0.1, 0.15) is 45.2 Å². The van der Waals surface area contributed by atoms with Crippen LogP contribution < -0.4 is 10.6 Å². The van der Waals surface area contributed by atoms with Crippen molar-refractivity contribution in [3.8, 4) is 0 Å². The van der Waals surface area contributed by atoms with Crippen LogP contribution in [0.3, 0.4) is 0 Å². The maximum atomic E-state index is 13.0. The van der Waals surface area contributed by atoms with Gasteiger partial charge in [-0.25, -0.2) is 4.39 Å². The number of benzene rings is 1. The van der Waals surface area contributed by atoms with Crippen molar-refractivity contribution in [2.45, 2.75) is 39.7 Å². The number of carbonyl (C=O) groups excluding carboxylic acids is 2. The molecule has 0 heterocycles. The molecule has 132 valence electrons. The van der Waals surface area contributed by atoms with Gasteiger partial charge in [-0.3, -0.25) is 14.4 Å². The number of halogens is 1. The van der Waals surface area contributed by atoms with Crippen molar-refractivity contribution >= 4 is 17.8 Å². The van der Waals surface area contributed by atoms with Crippen LogP contribution in [0.5, 0.6) is 0 Å². The Labute approximate surface area is 140 Å². The lowest BCUT2D eigenvalue weighted by Gasteiger charge is -2.19. The number of aliphatic carboxylic acids is 1. The summed E-state index contributed by atoms with van der Waals surface area (Å²) in [4.78, 5) is 34.6. The van der Waals surface area contributed by atoms with Gasteiger partial charge < -0.3 is 15.7 Å². The van der Waals surface area contributed by atoms with Crippen LogP contribution in [0, 0.1) is 11.2 Å². The Kier molecular flexibility index (Phi) is 6.88. The average molecular weight is 338 g/mol. The number of nitrogens with one attached hydrogen (secondary N) is 2. The summed E-state index contributed by atoms with van der Waals surface area (Å²) in [6.07, 6.45) is -0.0654. The molecule has 0 fully saturated rings. The molecule has 3 N–H and O–H groups in total. The maximum Gasteiger partial charge on any atom is 0.305 e. The first kappa shape index (κ1) is 19.6. The number of carbonyl (C=O) groups is 3. The summed E-state index contributed by atoms with van der Waals surface area (Å²) in [5, 5.41) is 14.0. The number of hydrogen-bond donors (Lipinski definition) is 3. The van der Waals surface area contributed by atoms with E-state index in [1.807, 2.05) is 20.8 Å². The number of carboxylic acids is 1. The average Bonchev–Trinajstić information content (AvgIpc) is 2.43. The molecule has 1 aromatic carbocycles. The third-order valence-electron chi connectivity index (χ3n) is 3.12. The quantitative estimate of drug-likeness (QED) is 0.709. The van der Waals surface area contributed by atoms with Gasteiger partial charge in [0.25, 0.3) is 0 Å². The highest BCUT2D eigenvalue weighted by Gasteiger charge is 2.20. The predicted octanol–water partition coefficient (Wildman–Crippen LogP) is 2.01.